The molecule has 1 aliphatic carbocycles. The van der Waals surface area contributed by atoms with Gasteiger partial charge in [0.25, 0.3) is 11.8 Å². The van der Waals surface area contributed by atoms with Crippen LogP contribution in [0.3, 0.4) is 0 Å². The van der Waals surface area contributed by atoms with Gasteiger partial charge in [0.2, 0.25) is 0 Å². The summed E-state index contributed by atoms with van der Waals surface area (Å²) in [6.07, 6.45) is 3.58. The molecule has 39 heavy (non-hydrogen) atoms. The molecule has 2 aromatic rings. The second-order valence-electron chi connectivity index (χ2n) is 11.8. The van der Waals surface area contributed by atoms with E-state index in [1.54, 1.807) is 25.7 Å². The van der Waals surface area contributed by atoms with E-state index >= 15 is 0 Å². The highest BCUT2D eigenvalue weighted by atomic mass is 19.3. The van der Waals surface area contributed by atoms with Gasteiger partial charge in [0.05, 0.1) is 16.8 Å². The number of nitrogens with zero attached hydrogens (tertiary/aromatic N) is 3. The maximum absolute atomic E-state index is 14.2. The van der Waals surface area contributed by atoms with Crippen LogP contribution in [0.25, 0.3) is 11.1 Å². The molecule has 210 valence electrons. The van der Waals surface area contributed by atoms with E-state index in [1.807, 2.05) is 4.90 Å². The summed E-state index contributed by atoms with van der Waals surface area (Å²) in [4.78, 5) is 34.3. The molecule has 1 saturated carbocycles. The first kappa shape index (κ1) is 27.2. The van der Waals surface area contributed by atoms with Crippen LogP contribution in [0.2, 0.25) is 0 Å². The Bertz CT molecular complexity index is 1270. The van der Waals surface area contributed by atoms with E-state index in [4.69, 9.17) is 4.74 Å². The lowest BCUT2D eigenvalue weighted by atomic mass is 9.88. The van der Waals surface area contributed by atoms with Gasteiger partial charge in [0.1, 0.15) is 17.2 Å². The van der Waals surface area contributed by atoms with Crippen molar-refractivity contribution in [2.75, 3.05) is 24.5 Å². The summed E-state index contributed by atoms with van der Waals surface area (Å²) in [6, 6.07) is 2.39. The fourth-order valence-corrected chi connectivity index (χ4v) is 5.92. The van der Waals surface area contributed by atoms with Crippen molar-refractivity contribution in [1.29, 1.82) is 0 Å². The predicted molar refractivity (Wildman–Crippen MR) is 137 cm³/mol. The van der Waals surface area contributed by atoms with Crippen LogP contribution in [0.15, 0.2) is 30.6 Å². The number of benzene rings is 1. The Morgan fingerprint density at radius 2 is 1.74 bits per heavy atom. The molecule has 3 heterocycles. The normalized spacial score (nSPS) is 22.7. The van der Waals surface area contributed by atoms with Crippen molar-refractivity contribution in [1.82, 2.24) is 15.2 Å². The second kappa shape index (κ2) is 9.67. The number of nitrogens with one attached hydrogen (secondary N) is 1. The molecule has 1 aromatic carbocycles. The van der Waals surface area contributed by atoms with Gasteiger partial charge in [-0.2, -0.15) is 0 Å². The molecule has 3 fully saturated rings. The molecular formula is C28H32F4N4O3. The van der Waals surface area contributed by atoms with Crippen molar-refractivity contribution in [2.24, 2.45) is 0 Å². The topological polar surface area (TPSA) is 74.8 Å². The zero-order valence-electron chi connectivity index (χ0n) is 22.2. The van der Waals surface area contributed by atoms with Gasteiger partial charge in [-0.3, -0.25) is 9.78 Å². The van der Waals surface area contributed by atoms with E-state index < -0.39 is 59.6 Å². The summed E-state index contributed by atoms with van der Waals surface area (Å²) >= 11 is 0. The van der Waals surface area contributed by atoms with Crippen molar-refractivity contribution >= 4 is 17.7 Å². The highest BCUT2D eigenvalue weighted by Crippen LogP contribution is 2.44. The largest absolute Gasteiger partial charge is 0.444 e. The van der Waals surface area contributed by atoms with Crippen LogP contribution in [0.1, 0.15) is 63.2 Å². The van der Waals surface area contributed by atoms with Crippen molar-refractivity contribution in [3.05, 3.63) is 47.8 Å². The Morgan fingerprint density at radius 1 is 1.05 bits per heavy atom. The minimum absolute atomic E-state index is 0.117. The van der Waals surface area contributed by atoms with Gasteiger partial charge in [0, 0.05) is 62.5 Å². The molecule has 3 aliphatic rings. The van der Waals surface area contributed by atoms with Crippen LogP contribution in [0, 0.1) is 11.6 Å². The van der Waals surface area contributed by atoms with Gasteiger partial charge >= 0.3 is 6.09 Å². The lowest BCUT2D eigenvalue weighted by molar-refractivity contribution is -0.0901. The number of amides is 2. The van der Waals surface area contributed by atoms with Crippen LogP contribution < -0.4 is 10.2 Å². The third-order valence-electron chi connectivity index (χ3n) is 7.62. The number of ether oxygens (including phenoxy) is 1. The fraction of sp³-hybridized carbons (Fsp3) is 0.536. The predicted octanol–water partition coefficient (Wildman–Crippen LogP) is 5.53. The van der Waals surface area contributed by atoms with Crippen molar-refractivity contribution < 1.29 is 31.9 Å². The third-order valence-corrected chi connectivity index (χ3v) is 7.62. The van der Waals surface area contributed by atoms with E-state index in [9.17, 15) is 27.2 Å². The van der Waals surface area contributed by atoms with Crippen molar-refractivity contribution in [3.8, 4) is 11.1 Å². The number of carbonyl (C=O) groups is 2. The minimum Gasteiger partial charge on any atom is -0.444 e. The van der Waals surface area contributed by atoms with Crippen molar-refractivity contribution in [3.63, 3.8) is 0 Å². The number of carbonyl (C=O) groups excluding carboxylic acids is 2. The number of hydrogen-bond acceptors (Lipinski definition) is 5. The fourth-order valence-electron chi connectivity index (χ4n) is 5.92. The smallest absolute Gasteiger partial charge is 0.410 e. The van der Waals surface area contributed by atoms with Crippen LogP contribution in [-0.4, -0.2) is 64.6 Å². The first-order valence-electron chi connectivity index (χ1n) is 13.1. The van der Waals surface area contributed by atoms with Gasteiger partial charge in [-0.05, 0) is 57.7 Å². The lowest BCUT2D eigenvalue weighted by Gasteiger charge is -2.37. The van der Waals surface area contributed by atoms with Gasteiger partial charge in [0.15, 0.2) is 0 Å². The molecule has 1 spiro atoms. The first-order chi connectivity index (χ1) is 18.3. The Labute approximate surface area is 224 Å². The lowest BCUT2D eigenvalue weighted by Crippen LogP contribution is -2.51. The average Bonchev–Trinajstić information content (AvgIpc) is 3.42. The molecular weight excluding hydrogens is 516 g/mol. The molecule has 0 radical (unpaired) electrons. The maximum Gasteiger partial charge on any atom is 0.410 e. The van der Waals surface area contributed by atoms with Crippen LogP contribution in [-0.2, 0) is 4.74 Å². The molecule has 1 aromatic heterocycles. The first-order valence-corrected chi connectivity index (χ1v) is 13.1. The number of hydrogen-bond donors (Lipinski definition) is 1. The van der Waals surface area contributed by atoms with E-state index in [0.29, 0.717) is 37.3 Å². The number of aromatic nitrogens is 1. The Hall–Kier alpha value is -3.37. The van der Waals surface area contributed by atoms with Crippen molar-refractivity contribution in [2.45, 2.75) is 76.0 Å². The molecule has 11 heteroatoms. The summed E-state index contributed by atoms with van der Waals surface area (Å²) in [5.74, 6) is -4.97. The second-order valence-corrected chi connectivity index (χ2v) is 11.8. The summed E-state index contributed by atoms with van der Waals surface area (Å²) in [7, 11) is 0. The standard InChI is InChI=1S/C28H32F4N4O3/c1-26(2,3)39-25(38)36-7-4-5-27(36)6-8-35(16-27)23-21(17-9-18(29)11-19(30)10-17)14-33-15-22(23)24(37)34-20-12-28(31,32)13-20/h9-11,14-15,20H,4-8,12-13,16H2,1-3H3,(H,34,37)/t27-/m0/s1. The summed E-state index contributed by atoms with van der Waals surface area (Å²) in [5.41, 5.74) is -0.171. The summed E-state index contributed by atoms with van der Waals surface area (Å²) in [6.45, 7) is 6.76. The molecule has 5 rings (SSSR count). The third kappa shape index (κ3) is 5.53. The van der Waals surface area contributed by atoms with Crippen LogP contribution in [0.4, 0.5) is 28.0 Å². The Balaban J connectivity index is 1.51. The zero-order chi connectivity index (χ0) is 28.2. The van der Waals surface area contributed by atoms with E-state index in [0.717, 1.165) is 31.0 Å². The molecule has 0 unspecified atom stereocenters. The number of anilines is 1. The quantitative estimate of drug-likeness (QED) is 0.509. The van der Waals surface area contributed by atoms with Crippen LogP contribution in [0.5, 0.6) is 0 Å². The summed E-state index contributed by atoms with van der Waals surface area (Å²) < 4.78 is 60.9. The number of likely N-dealkylation sites (tertiary alicyclic amines) is 1. The molecule has 2 aliphatic heterocycles. The molecule has 1 atom stereocenters. The number of alkyl halides is 2. The molecule has 1 N–H and O–H groups in total. The van der Waals surface area contributed by atoms with Gasteiger partial charge in [-0.1, -0.05) is 0 Å². The highest BCUT2D eigenvalue weighted by molar-refractivity contribution is 6.03. The van der Waals surface area contributed by atoms with Crippen LogP contribution >= 0.6 is 0 Å². The highest BCUT2D eigenvalue weighted by Gasteiger charge is 2.50. The van der Waals surface area contributed by atoms with E-state index in [-0.39, 0.29) is 11.1 Å². The molecule has 2 amide bonds. The Kier molecular flexibility index (Phi) is 6.75. The molecule has 0 bridgehead atoms. The van der Waals surface area contributed by atoms with Gasteiger partial charge in [-0.25, -0.2) is 22.4 Å². The van der Waals surface area contributed by atoms with E-state index in [1.165, 1.54) is 12.4 Å². The summed E-state index contributed by atoms with van der Waals surface area (Å²) in [5, 5.41) is 2.65. The van der Waals surface area contributed by atoms with Gasteiger partial charge < -0.3 is 19.9 Å². The maximum atomic E-state index is 14.2. The van der Waals surface area contributed by atoms with E-state index in [2.05, 4.69) is 10.3 Å². The van der Waals surface area contributed by atoms with Gasteiger partial charge in [-0.15, -0.1) is 0 Å². The number of rotatable bonds is 4. The Morgan fingerprint density at radius 3 is 2.38 bits per heavy atom. The monoisotopic (exact) mass is 548 g/mol. The SMILES string of the molecule is CC(C)(C)OC(=O)N1CCC[C@@]12CCN(c1c(C(=O)NC3CC(F)(F)C3)cncc1-c1cc(F)cc(F)c1)C2. The minimum atomic E-state index is -2.81. The average molecular weight is 549 g/mol. The molecule has 7 nitrogen and oxygen atoms in total. The zero-order valence-corrected chi connectivity index (χ0v) is 22.2. The molecule has 2 saturated heterocycles. The number of halogens is 4. The number of pyridine rings is 1.